The summed E-state index contributed by atoms with van der Waals surface area (Å²) < 4.78 is 66.4. The van der Waals surface area contributed by atoms with Crippen LogP contribution in [-0.2, 0) is 6.42 Å². The molecule has 2 aromatic rings. The van der Waals surface area contributed by atoms with E-state index >= 15 is 0 Å². The van der Waals surface area contributed by atoms with Crippen LogP contribution >= 0.6 is 11.3 Å². The molecule has 1 aromatic carbocycles. The molecule has 1 N–H and O–H groups in total. The van der Waals surface area contributed by atoms with E-state index in [0.717, 1.165) is 11.3 Å². The quantitative estimate of drug-likeness (QED) is 0.804. The van der Waals surface area contributed by atoms with Gasteiger partial charge in [0, 0.05) is 23.0 Å². The molecule has 0 amide bonds. The van der Waals surface area contributed by atoms with Crippen LogP contribution in [0, 0.1) is 0 Å². The van der Waals surface area contributed by atoms with Crippen molar-refractivity contribution in [1.82, 2.24) is 5.32 Å². The minimum Gasteiger partial charge on any atom is -0.316 e. The van der Waals surface area contributed by atoms with Gasteiger partial charge in [-0.05, 0) is 53.9 Å². The van der Waals surface area contributed by atoms with Crippen molar-refractivity contribution < 1.29 is 15.8 Å². The second-order valence-electron chi connectivity index (χ2n) is 4.80. The number of hydrogen-bond donors (Lipinski definition) is 1. The van der Waals surface area contributed by atoms with E-state index in [2.05, 4.69) is 0 Å². The molecular weight excluding hydrogens is 278 g/mol. The van der Waals surface area contributed by atoms with Gasteiger partial charge in [0.25, 0.3) is 0 Å². The Morgan fingerprint density at radius 1 is 1.10 bits per heavy atom. The average molecular weight is 303 g/mol. The molecular formula is C18H17NOS. The summed E-state index contributed by atoms with van der Waals surface area (Å²) >= 11 is 1.15. The lowest BCUT2D eigenvalue weighted by Crippen LogP contribution is -2.24. The van der Waals surface area contributed by atoms with Gasteiger partial charge >= 0.3 is 0 Å². The van der Waals surface area contributed by atoms with Crippen LogP contribution in [0.1, 0.15) is 50.1 Å². The molecule has 3 heteroatoms. The minimum atomic E-state index is -2.89. The first-order chi connectivity index (χ1) is 13.3. The zero-order valence-corrected chi connectivity index (χ0v) is 11.8. The predicted molar refractivity (Wildman–Crippen MR) is 86.9 cm³/mol. The van der Waals surface area contributed by atoms with E-state index < -0.39 is 31.3 Å². The Morgan fingerprint density at radius 3 is 2.76 bits per heavy atom. The third kappa shape index (κ3) is 2.17. The Balaban J connectivity index is 2.21. The number of hydrogen-bond acceptors (Lipinski definition) is 3. The Kier molecular flexibility index (Phi) is 1.76. The van der Waals surface area contributed by atoms with Crippen LogP contribution in [0.25, 0.3) is 5.57 Å². The molecule has 0 bridgehead atoms. The molecule has 4 rings (SSSR count). The first-order valence-electron chi connectivity index (χ1n) is 10.6. The molecule has 2 nitrogen and oxygen atoms in total. The van der Waals surface area contributed by atoms with Crippen molar-refractivity contribution in [2.45, 2.75) is 19.2 Å². The van der Waals surface area contributed by atoms with Crippen LogP contribution in [-0.4, -0.2) is 18.8 Å². The van der Waals surface area contributed by atoms with E-state index in [1.807, 2.05) is 5.32 Å². The summed E-state index contributed by atoms with van der Waals surface area (Å²) in [6, 6.07) is 8.31. The second-order valence-corrected chi connectivity index (χ2v) is 5.71. The van der Waals surface area contributed by atoms with E-state index in [0.29, 0.717) is 21.6 Å². The van der Waals surface area contributed by atoms with E-state index in [1.165, 1.54) is 0 Å². The van der Waals surface area contributed by atoms with Gasteiger partial charge in [0.1, 0.15) is 0 Å². The highest BCUT2D eigenvalue weighted by Crippen LogP contribution is 2.39. The summed E-state index contributed by atoms with van der Waals surface area (Å²) in [5.74, 6) is -0.195. The molecule has 1 fully saturated rings. The zero-order chi connectivity index (χ0) is 21.4. The fourth-order valence-electron chi connectivity index (χ4n) is 2.68. The number of benzene rings is 1. The number of nitrogens with one attached hydrogen (secondary N) is 1. The molecule has 0 spiro atoms. The number of piperidine rings is 1. The molecule has 1 aliphatic heterocycles. The molecule has 0 atom stereocenters. The molecule has 0 radical (unpaired) electrons. The van der Waals surface area contributed by atoms with Crippen LogP contribution in [0.2, 0.25) is 0 Å². The maximum atomic E-state index is 12.8. The SMILES string of the molecule is [2H]C1([2H])NC([2H])([2H])C([2H])([2H])C(=C2c3ccccc3CC(=O)c3sccc32)C1([2H])[2H]. The maximum absolute atomic E-state index is 12.8. The monoisotopic (exact) mass is 303 g/mol. The Morgan fingerprint density at radius 2 is 1.90 bits per heavy atom. The van der Waals surface area contributed by atoms with Crippen molar-refractivity contribution >= 4 is 22.7 Å². The first-order valence-corrected chi connectivity index (χ1v) is 7.43. The van der Waals surface area contributed by atoms with E-state index in [1.54, 1.807) is 35.7 Å². The molecule has 2 aliphatic rings. The molecule has 2 heterocycles. The van der Waals surface area contributed by atoms with Gasteiger partial charge in [-0.1, -0.05) is 29.8 Å². The van der Waals surface area contributed by atoms with Gasteiger partial charge in [0.05, 0.1) is 4.88 Å². The summed E-state index contributed by atoms with van der Waals surface area (Å²) in [4.78, 5) is 13.1. The fraction of sp³-hybridized carbons (Fsp3) is 0.278. The lowest BCUT2D eigenvalue weighted by molar-refractivity contribution is 0.0997. The lowest BCUT2D eigenvalue weighted by Gasteiger charge is -2.21. The van der Waals surface area contributed by atoms with Crippen LogP contribution in [0.4, 0.5) is 0 Å². The van der Waals surface area contributed by atoms with Gasteiger partial charge in [-0.25, -0.2) is 0 Å². The van der Waals surface area contributed by atoms with Crippen LogP contribution in [0.15, 0.2) is 41.3 Å². The fourth-order valence-corrected chi connectivity index (χ4v) is 3.52. The largest absolute Gasteiger partial charge is 0.316 e. The number of fused-ring (bicyclic) bond motifs is 2. The summed E-state index contributed by atoms with van der Waals surface area (Å²) in [6.07, 6.45) is -5.74. The average Bonchev–Trinajstić information content (AvgIpc) is 3.03. The summed E-state index contributed by atoms with van der Waals surface area (Å²) in [5.41, 5.74) is 0.692. The van der Waals surface area contributed by atoms with Gasteiger partial charge in [-0.2, -0.15) is 0 Å². The topological polar surface area (TPSA) is 29.1 Å². The first kappa shape index (κ1) is 7.03. The van der Waals surface area contributed by atoms with Crippen molar-refractivity contribution in [3.63, 3.8) is 0 Å². The van der Waals surface area contributed by atoms with Crippen LogP contribution in [0.5, 0.6) is 0 Å². The van der Waals surface area contributed by atoms with Gasteiger partial charge in [0.15, 0.2) is 5.78 Å². The highest BCUT2D eigenvalue weighted by Gasteiger charge is 2.26. The second kappa shape index (κ2) is 5.24. The lowest BCUT2D eigenvalue weighted by atomic mass is 9.88. The molecule has 1 saturated heterocycles. The number of carbonyl (C=O) groups excluding carboxylic acids is 1. The van der Waals surface area contributed by atoms with Crippen molar-refractivity contribution in [2.75, 3.05) is 13.0 Å². The van der Waals surface area contributed by atoms with Crippen LogP contribution in [0.3, 0.4) is 0 Å². The van der Waals surface area contributed by atoms with Gasteiger partial charge in [-0.3, -0.25) is 4.79 Å². The molecule has 106 valence electrons. The van der Waals surface area contributed by atoms with E-state index in [4.69, 9.17) is 11.0 Å². The highest BCUT2D eigenvalue weighted by atomic mass is 32.1. The molecule has 21 heavy (non-hydrogen) atoms. The van der Waals surface area contributed by atoms with Crippen molar-refractivity contribution in [2.24, 2.45) is 0 Å². The normalized spacial score (nSPS) is 33.4. The van der Waals surface area contributed by atoms with Crippen molar-refractivity contribution in [3.8, 4) is 0 Å². The molecule has 0 unspecified atom stereocenters. The molecule has 0 saturated carbocycles. The Bertz CT molecular complexity index is 1030. The third-order valence-electron chi connectivity index (χ3n) is 3.58. The number of rotatable bonds is 0. The minimum absolute atomic E-state index is 0.0461. The zero-order valence-electron chi connectivity index (χ0n) is 19.0. The Hall–Kier alpha value is -1.71. The van der Waals surface area contributed by atoms with Gasteiger partial charge < -0.3 is 5.32 Å². The van der Waals surface area contributed by atoms with Crippen molar-refractivity contribution in [1.29, 1.82) is 0 Å². The third-order valence-corrected chi connectivity index (χ3v) is 4.53. The highest BCUT2D eigenvalue weighted by molar-refractivity contribution is 7.12. The summed E-state index contributed by atoms with van der Waals surface area (Å²) in [6.45, 7) is -5.77. The predicted octanol–water partition coefficient (Wildman–Crippen LogP) is 3.67. The Labute approximate surface area is 139 Å². The number of Topliss-reactive ketones (excluding diaryl/α,β-unsaturated/α-hetero) is 1. The number of ketones is 1. The molecule has 1 aromatic heterocycles. The standard InChI is InChI=1S/C18H17NOS/c20-16-11-13-3-1-2-4-14(13)17(12-5-8-19-9-6-12)15-7-10-21-18(15)16/h1-4,7,10,19H,5-6,8-9,11H2/i5D2,6D2,8D2,9D2. The smallest absolute Gasteiger partial charge is 0.177 e. The van der Waals surface area contributed by atoms with E-state index in [9.17, 15) is 4.79 Å². The molecule has 1 aliphatic carbocycles. The maximum Gasteiger partial charge on any atom is 0.177 e. The van der Waals surface area contributed by atoms with Crippen molar-refractivity contribution in [3.05, 3.63) is 62.9 Å². The summed E-state index contributed by atoms with van der Waals surface area (Å²) in [7, 11) is 0. The van der Waals surface area contributed by atoms with Crippen LogP contribution < -0.4 is 5.32 Å². The van der Waals surface area contributed by atoms with Gasteiger partial charge in [-0.15, -0.1) is 11.3 Å². The van der Waals surface area contributed by atoms with Gasteiger partial charge in [0.2, 0.25) is 0 Å². The van der Waals surface area contributed by atoms with E-state index in [-0.39, 0.29) is 17.8 Å². The number of thiophene rings is 1. The number of carbonyl (C=O) groups is 1. The summed E-state index contributed by atoms with van der Waals surface area (Å²) in [5, 5.41) is 3.51.